The number of aliphatic carboxylic acids is 1. The molecule has 1 aromatic carbocycles. The van der Waals surface area contributed by atoms with E-state index in [9.17, 15) is 18.0 Å². The minimum atomic E-state index is -4.52. The van der Waals surface area contributed by atoms with Crippen molar-refractivity contribution >= 4 is 11.7 Å². The molecule has 0 bridgehead atoms. The molecule has 0 fully saturated rings. The molecule has 1 atom stereocenters. The quantitative estimate of drug-likeness (QED) is 0.873. The van der Waals surface area contributed by atoms with Crippen LogP contribution in [0.4, 0.5) is 18.9 Å². The molecule has 21 heavy (non-hydrogen) atoms. The van der Waals surface area contributed by atoms with Crippen molar-refractivity contribution in [2.24, 2.45) is 5.41 Å². The van der Waals surface area contributed by atoms with E-state index >= 15 is 0 Å². The molecule has 0 aliphatic heterocycles. The van der Waals surface area contributed by atoms with Crippen LogP contribution in [-0.2, 0) is 11.0 Å². The van der Waals surface area contributed by atoms with Crippen molar-refractivity contribution in [1.82, 2.24) is 0 Å². The number of hydrogen-bond donors (Lipinski definition) is 2. The lowest BCUT2D eigenvalue weighted by Crippen LogP contribution is -2.34. The zero-order valence-electron chi connectivity index (χ0n) is 11.6. The summed E-state index contributed by atoms with van der Waals surface area (Å²) in [7, 11) is 0. The largest absolute Gasteiger partial charge is 0.481 e. The molecule has 0 saturated heterocycles. The molecule has 4 nitrogen and oxygen atoms in total. The number of nitriles is 1. The van der Waals surface area contributed by atoms with E-state index in [1.54, 1.807) is 13.0 Å². The molecule has 0 spiro atoms. The first kappa shape index (κ1) is 16.8. The highest BCUT2D eigenvalue weighted by molar-refractivity contribution is 5.75. The summed E-state index contributed by atoms with van der Waals surface area (Å²) in [6, 6.07) is 4.42. The van der Waals surface area contributed by atoms with Gasteiger partial charge in [0.1, 0.15) is 6.07 Å². The highest BCUT2D eigenvalue weighted by Crippen LogP contribution is 2.32. The second kappa shape index (κ2) is 6.04. The van der Waals surface area contributed by atoms with Crippen LogP contribution in [0.3, 0.4) is 0 Å². The summed E-state index contributed by atoms with van der Waals surface area (Å²) in [6.07, 6.45) is -4.18. The minimum Gasteiger partial charge on any atom is -0.481 e. The predicted octanol–water partition coefficient (Wildman–Crippen LogP) is 3.49. The molecule has 0 saturated carbocycles. The number of carboxylic acids is 1. The number of nitrogens with one attached hydrogen (secondary N) is 1. The van der Waals surface area contributed by atoms with Gasteiger partial charge in [0, 0.05) is 6.54 Å². The summed E-state index contributed by atoms with van der Waals surface area (Å²) < 4.78 is 37.7. The number of rotatable bonds is 5. The Morgan fingerprint density at radius 2 is 2.05 bits per heavy atom. The zero-order chi connectivity index (χ0) is 16.3. The number of carbonyl (C=O) groups is 1. The fourth-order valence-electron chi connectivity index (χ4n) is 1.61. The van der Waals surface area contributed by atoms with E-state index in [0.717, 1.165) is 18.2 Å². The Balaban J connectivity index is 3.01. The summed E-state index contributed by atoms with van der Waals surface area (Å²) in [5.41, 5.74) is -1.96. The van der Waals surface area contributed by atoms with E-state index in [-0.39, 0.29) is 17.8 Å². The maximum absolute atomic E-state index is 12.6. The zero-order valence-corrected chi connectivity index (χ0v) is 11.6. The number of nitrogens with zero attached hydrogens (tertiary/aromatic N) is 1. The van der Waals surface area contributed by atoms with E-state index in [1.165, 1.54) is 6.92 Å². The number of carboxylic acid groups (broad SMARTS) is 1. The minimum absolute atomic E-state index is 0.0128. The molecule has 1 aromatic rings. The highest BCUT2D eigenvalue weighted by Gasteiger charge is 2.32. The van der Waals surface area contributed by atoms with Gasteiger partial charge < -0.3 is 10.4 Å². The van der Waals surface area contributed by atoms with Crippen molar-refractivity contribution in [3.8, 4) is 6.07 Å². The molecule has 0 aliphatic carbocycles. The van der Waals surface area contributed by atoms with E-state index in [1.807, 2.05) is 0 Å². The fraction of sp³-hybridized carbons (Fsp3) is 0.429. The summed E-state index contributed by atoms with van der Waals surface area (Å²) in [5.74, 6) is -1.01. The van der Waals surface area contributed by atoms with Crippen LogP contribution in [0.1, 0.15) is 31.4 Å². The third-order valence-electron chi connectivity index (χ3n) is 3.43. The average molecular weight is 300 g/mol. The number of anilines is 1. The molecule has 114 valence electrons. The van der Waals surface area contributed by atoms with Crippen LogP contribution in [0.5, 0.6) is 0 Å². The van der Waals surface area contributed by atoms with Crippen LogP contribution in [0.25, 0.3) is 0 Å². The normalized spacial score (nSPS) is 14.1. The van der Waals surface area contributed by atoms with Crippen LogP contribution in [0.2, 0.25) is 0 Å². The lowest BCUT2D eigenvalue weighted by atomic mass is 9.87. The Hall–Kier alpha value is -2.23. The van der Waals surface area contributed by atoms with Gasteiger partial charge in [-0.1, -0.05) is 6.92 Å². The van der Waals surface area contributed by atoms with Crippen molar-refractivity contribution in [3.63, 3.8) is 0 Å². The Morgan fingerprint density at radius 3 is 2.48 bits per heavy atom. The monoisotopic (exact) mass is 300 g/mol. The topological polar surface area (TPSA) is 73.1 Å². The van der Waals surface area contributed by atoms with Crippen LogP contribution in [0.15, 0.2) is 18.2 Å². The van der Waals surface area contributed by atoms with Gasteiger partial charge in [0.2, 0.25) is 0 Å². The van der Waals surface area contributed by atoms with E-state index in [4.69, 9.17) is 10.4 Å². The van der Waals surface area contributed by atoms with Gasteiger partial charge in [0.25, 0.3) is 0 Å². The molecule has 1 rings (SSSR count). The summed E-state index contributed by atoms with van der Waals surface area (Å²) in [6.45, 7) is 3.24. The van der Waals surface area contributed by atoms with Gasteiger partial charge in [-0.25, -0.2) is 0 Å². The van der Waals surface area contributed by atoms with Crippen LogP contribution in [-0.4, -0.2) is 17.6 Å². The molecule has 0 amide bonds. The van der Waals surface area contributed by atoms with Crippen LogP contribution >= 0.6 is 0 Å². The molecule has 1 unspecified atom stereocenters. The second-order valence-electron chi connectivity index (χ2n) is 4.94. The first-order valence-electron chi connectivity index (χ1n) is 6.22. The SMILES string of the molecule is CCC(C)(CNc1ccc(C(F)(F)F)cc1C#N)C(=O)O. The fourth-order valence-corrected chi connectivity index (χ4v) is 1.61. The molecule has 0 aliphatic rings. The molecule has 0 aromatic heterocycles. The maximum Gasteiger partial charge on any atom is 0.416 e. The Bertz CT molecular complexity index is 579. The number of benzene rings is 1. The lowest BCUT2D eigenvalue weighted by molar-refractivity contribution is -0.147. The van der Waals surface area contributed by atoms with Crippen LogP contribution in [0, 0.1) is 16.7 Å². The van der Waals surface area contributed by atoms with E-state index in [2.05, 4.69) is 5.32 Å². The third-order valence-corrected chi connectivity index (χ3v) is 3.43. The smallest absolute Gasteiger partial charge is 0.416 e. The van der Waals surface area contributed by atoms with E-state index < -0.39 is 23.1 Å². The van der Waals surface area contributed by atoms with Gasteiger partial charge >= 0.3 is 12.1 Å². The first-order valence-corrected chi connectivity index (χ1v) is 6.22. The number of hydrogen-bond acceptors (Lipinski definition) is 3. The lowest BCUT2D eigenvalue weighted by Gasteiger charge is -2.24. The second-order valence-corrected chi connectivity index (χ2v) is 4.94. The Morgan fingerprint density at radius 1 is 1.43 bits per heavy atom. The molecular weight excluding hydrogens is 285 g/mol. The predicted molar refractivity (Wildman–Crippen MR) is 70.7 cm³/mol. The van der Waals surface area contributed by atoms with Crippen molar-refractivity contribution in [2.45, 2.75) is 26.4 Å². The van der Waals surface area contributed by atoms with Gasteiger partial charge in [-0.3, -0.25) is 4.79 Å². The third kappa shape index (κ3) is 3.88. The van der Waals surface area contributed by atoms with Crippen molar-refractivity contribution in [3.05, 3.63) is 29.3 Å². The molecule has 0 heterocycles. The summed E-state index contributed by atoms with van der Waals surface area (Å²) in [5, 5.41) is 20.8. The van der Waals surface area contributed by atoms with Gasteiger partial charge in [-0.2, -0.15) is 18.4 Å². The van der Waals surface area contributed by atoms with Gasteiger partial charge in [0.05, 0.1) is 22.2 Å². The maximum atomic E-state index is 12.6. The van der Waals surface area contributed by atoms with Crippen LogP contribution < -0.4 is 5.32 Å². The summed E-state index contributed by atoms with van der Waals surface area (Å²) >= 11 is 0. The van der Waals surface area contributed by atoms with Gasteiger partial charge in [0.15, 0.2) is 0 Å². The average Bonchev–Trinajstić information content (AvgIpc) is 2.43. The Labute approximate surface area is 120 Å². The van der Waals surface area contributed by atoms with Crippen molar-refractivity contribution < 1.29 is 23.1 Å². The highest BCUT2D eigenvalue weighted by atomic mass is 19.4. The number of alkyl halides is 3. The standard InChI is InChI=1S/C14H15F3N2O2/c1-3-13(2,12(20)21)8-19-11-5-4-10(14(15,16)17)6-9(11)7-18/h4-6,19H,3,8H2,1-2H3,(H,20,21). The van der Waals surface area contributed by atoms with Crippen molar-refractivity contribution in [2.75, 3.05) is 11.9 Å². The van der Waals surface area contributed by atoms with Gasteiger partial charge in [-0.15, -0.1) is 0 Å². The first-order chi connectivity index (χ1) is 9.64. The molecule has 0 radical (unpaired) electrons. The Kier molecular flexibility index (Phi) is 4.84. The van der Waals surface area contributed by atoms with Gasteiger partial charge in [-0.05, 0) is 31.5 Å². The molecular formula is C14H15F3N2O2. The van der Waals surface area contributed by atoms with Crippen molar-refractivity contribution in [1.29, 1.82) is 5.26 Å². The molecule has 7 heteroatoms. The molecule has 2 N–H and O–H groups in total. The van der Waals surface area contributed by atoms with E-state index in [0.29, 0.717) is 6.42 Å². The summed E-state index contributed by atoms with van der Waals surface area (Å²) in [4.78, 5) is 11.2. The number of halogens is 3.